The minimum atomic E-state index is -4.58. The van der Waals surface area contributed by atoms with E-state index in [2.05, 4.69) is 31.1 Å². The maximum absolute atomic E-state index is 13.8. The second-order valence-corrected chi connectivity index (χ2v) is 10.9. The van der Waals surface area contributed by atoms with Gasteiger partial charge in [0.05, 0.1) is 11.1 Å². The predicted octanol–water partition coefficient (Wildman–Crippen LogP) is 7.95. The van der Waals surface area contributed by atoms with Crippen LogP contribution in [0.1, 0.15) is 27.9 Å². The van der Waals surface area contributed by atoms with Crippen LogP contribution >= 0.6 is 39.1 Å². The molecular weight excluding hydrogens is 616 g/mol. The van der Waals surface area contributed by atoms with Crippen molar-refractivity contribution >= 4 is 62.1 Å². The third-order valence-electron chi connectivity index (χ3n) is 6.60. The fourth-order valence-electron chi connectivity index (χ4n) is 4.76. The molecule has 0 atom stereocenters. The van der Waals surface area contributed by atoms with Crippen LogP contribution in [0.4, 0.5) is 18.0 Å². The Kier molecular flexibility index (Phi) is 8.05. The quantitative estimate of drug-likeness (QED) is 0.226. The van der Waals surface area contributed by atoms with E-state index >= 15 is 0 Å². The molecule has 0 bridgehead atoms. The lowest BCUT2D eigenvalue weighted by Gasteiger charge is -2.27. The van der Waals surface area contributed by atoms with Gasteiger partial charge >= 0.3 is 12.2 Å². The molecule has 0 fully saturated rings. The van der Waals surface area contributed by atoms with Crippen molar-refractivity contribution in [3.05, 3.63) is 103 Å². The van der Waals surface area contributed by atoms with Crippen LogP contribution in [0, 0.1) is 0 Å². The van der Waals surface area contributed by atoms with Crippen LogP contribution < -0.4 is 5.32 Å². The Morgan fingerprint density at radius 1 is 1.13 bits per heavy atom. The molecule has 11 heteroatoms. The second-order valence-electron chi connectivity index (χ2n) is 9.19. The largest absolute Gasteiger partial charge is 0.417 e. The molecule has 2 aromatic heterocycles. The number of fused-ring (bicyclic) bond motifs is 3. The third-order valence-corrected chi connectivity index (χ3v) is 7.72. The van der Waals surface area contributed by atoms with Gasteiger partial charge in [-0.25, -0.2) is 9.78 Å². The molecule has 1 aliphatic heterocycles. The first-order chi connectivity index (χ1) is 18.6. The highest BCUT2D eigenvalue weighted by Gasteiger charge is 2.35. The van der Waals surface area contributed by atoms with Gasteiger partial charge < -0.3 is 5.32 Å². The summed E-state index contributed by atoms with van der Waals surface area (Å²) >= 11 is 15.0. The maximum Gasteiger partial charge on any atom is 0.417 e. The van der Waals surface area contributed by atoms with Crippen molar-refractivity contribution in [3.8, 4) is 0 Å². The zero-order valence-electron chi connectivity index (χ0n) is 20.4. The summed E-state index contributed by atoms with van der Waals surface area (Å²) in [5, 5.41) is 4.39. The number of nitrogens with one attached hydrogen (secondary N) is 1. The van der Waals surface area contributed by atoms with E-state index in [4.69, 9.17) is 23.2 Å². The maximum atomic E-state index is 13.8. The van der Waals surface area contributed by atoms with E-state index in [1.165, 1.54) is 16.8 Å². The Morgan fingerprint density at radius 2 is 1.90 bits per heavy atom. The minimum absolute atomic E-state index is 0.0611. The Labute approximate surface area is 241 Å². The van der Waals surface area contributed by atoms with Gasteiger partial charge in [-0.3, -0.25) is 9.47 Å². The van der Waals surface area contributed by atoms with E-state index in [1.54, 1.807) is 12.1 Å². The highest BCUT2D eigenvalue weighted by molar-refractivity contribution is 9.10. The molecule has 5 rings (SSSR count). The summed E-state index contributed by atoms with van der Waals surface area (Å²) in [4.78, 5) is 19.5. The fourth-order valence-corrected chi connectivity index (χ4v) is 5.65. The average Bonchev–Trinajstić information content (AvgIpc) is 3.20. The molecule has 1 aliphatic rings. The normalized spacial score (nSPS) is 14.2. The topological polar surface area (TPSA) is 50.2 Å². The summed E-state index contributed by atoms with van der Waals surface area (Å²) in [5.41, 5.74) is 2.68. The standard InChI is InChI=1S/C28H22BrCl2F3N4O/c29-23-13-20-21-16-37(10-1-2-17-3-5-19(30)6-4-17)11-8-24(21)38(25(20)14-22(23)28(32,33)34)27(39)36-15-18-7-9-35-26(31)12-18/h1-7,9,12-14H,8,10-11,15-16H2,(H,36,39). The Morgan fingerprint density at radius 3 is 2.62 bits per heavy atom. The lowest BCUT2D eigenvalue weighted by molar-refractivity contribution is -0.138. The van der Waals surface area contributed by atoms with Crippen molar-refractivity contribution in [2.45, 2.75) is 25.7 Å². The van der Waals surface area contributed by atoms with Crippen LogP contribution in [-0.2, 0) is 25.7 Å². The van der Waals surface area contributed by atoms with Crippen molar-refractivity contribution in [1.82, 2.24) is 19.8 Å². The highest BCUT2D eigenvalue weighted by atomic mass is 79.9. The highest BCUT2D eigenvalue weighted by Crippen LogP contribution is 2.40. The van der Waals surface area contributed by atoms with Gasteiger partial charge in [0.15, 0.2) is 0 Å². The van der Waals surface area contributed by atoms with E-state index in [0.717, 1.165) is 22.8 Å². The van der Waals surface area contributed by atoms with Crippen molar-refractivity contribution in [2.75, 3.05) is 13.1 Å². The second kappa shape index (κ2) is 11.3. The number of nitrogens with zero attached hydrogens (tertiary/aromatic N) is 3. The summed E-state index contributed by atoms with van der Waals surface area (Å²) in [6.07, 6.45) is 1.50. The van der Waals surface area contributed by atoms with Crippen LogP contribution in [0.2, 0.25) is 10.2 Å². The van der Waals surface area contributed by atoms with Crippen LogP contribution in [0.25, 0.3) is 17.0 Å². The molecule has 1 amide bonds. The monoisotopic (exact) mass is 636 g/mol. The number of carbonyl (C=O) groups excluding carboxylic acids is 1. The van der Waals surface area contributed by atoms with Crippen LogP contribution in [-0.4, -0.2) is 33.6 Å². The van der Waals surface area contributed by atoms with Crippen molar-refractivity contribution in [3.63, 3.8) is 0 Å². The van der Waals surface area contributed by atoms with Gasteiger partial charge in [-0.1, -0.05) is 63.4 Å². The number of aromatic nitrogens is 2. The molecule has 0 spiro atoms. The molecule has 4 aromatic rings. The van der Waals surface area contributed by atoms with Crippen LogP contribution in [0.3, 0.4) is 0 Å². The molecular formula is C28H22BrCl2F3N4O. The number of rotatable bonds is 5. The van der Waals surface area contributed by atoms with Gasteiger partial charge in [0.2, 0.25) is 0 Å². The molecule has 0 saturated heterocycles. The Balaban J connectivity index is 1.46. The first-order valence-electron chi connectivity index (χ1n) is 12.1. The molecule has 39 heavy (non-hydrogen) atoms. The molecule has 2 aromatic carbocycles. The summed E-state index contributed by atoms with van der Waals surface area (Å²) in [7, 11) is 0. The SMILES string of the molecule is O=C(NCc1ccnc(Cl)c1)n1c2c(c3cc(Br)c(C(F)(F)F)cc31)CN(CC=Cc1ccc(Cl)cc1)CC2. The molecule has 1 N–H and O–H groups in total. The molecule has 0 radical (unpaired) electrons. The molecule has 0 saturated carbocycles. The lowest BCUT2D eigenvalue weighted by atomic mass is 10.0. The zero-order valence-corrected chi connectivity index (χ0v) is 23.5. The van der Waals surface area contributed by atoms with E-state index in [1.807, 2.05) is 36.4 Å². The smallest absolute Gasteiger partial charge is 0.333 e. The fraction of sp³-hybridized carbons (Fsp3) is 0.214. The van der Waals surface area contributed by atoms with E-state index in [-0.39, 0.29) is 21.7 Å². The number of halogens is 6. The number of carbonyl (C=O) groups is 1. The number of amides is 1. The lowest BCUT2D eigenvalue weighted by Crippen LogP contribution is -2.34. The van der Waals surface area contributed by atoms with Gasteiger partial charge in [0.1, 0.15) is 5.15 Å². The van der Waals surface area contributed by atoms with Gasteiger partial charge in [-0.2, -0.15) is 13.2 Å². The third kappa shape index (κ3) is 6.17. The first-order valence-corrected chi connectivity index (χ1v) is 13.6. The summed E-state index contributed by atoms with van der Waals surface area (Å²) in [5.74, 6) is 0. The molecule has 0 aliphatic carbocycles. The number of hydrogen-bond acceptors (Lipinski definition) is 3. The summed E-state index contributed by atoms with van der Waals surface area (Å²) in [6.45, 7) is 1.94. The van der Waals surface area contributed by atoms with Gasteiger partial charge in [0.25, 0.3) is 0 Å². The van der Waals surface area contributed by atoms with Crippen LogP contribution in [0.15, 0.2) is 65.3 Å². The van der Waals surface area contributed by atoms with Crippen molar-refractivity contribution < 1.29 is 18.0 Å². The van der Waals surface area contributed by atoms with E-state index in [0.29, 0.717) is 42.2 Å². The van der Waals surface area contributed by atoms with Gasteiger partial charge in [-0.15, -0.1) is 0 Å². The average molecular weight is 638 g/mol. The predicted molar refractivity (Wildman–Crippen MR) is 151 cm³/mol. The number of pyridine rings is 1. The molecule has 3 heterocycles. The van der Waals surface area contributed by atoms with Gasteiger partial charge in [0, 0.05) is 59.4 Å². The van der Waals surface area contributed by atoms with Crippen molar-refractivity contribution in [2.24, 2.45) is 0 Å². The van der Waals surface area contributed by atoms with Crippen LogP contribution in [0.5, 0.6) is 0 Å². The minimum Gasteiger partial charge on any atom is -0.333 e. The zero-order chi connectivity index (χ0) is 27.7. The molecule has 202 valence electrons. The van der Waals surface area contributed by atoms with Gasteiger partial charge in [-0.05, 0) is 53.1 Å². The van der Waals surface area contributed by atoms with E-state index in [9.17, 15) is 18.0 Å². The summed E-state index contributed by atoms with van der Waals surface area (Å²) < 4.78 is 42.7. The first kappa shape index (κ1) is 27.7. The van der Waals surface area contributed by atoms with Crippen molar-refractivity contribution in [1.29, 1.82) is 0 Å². The number of alkyl halides is 3. The molecule has 5 nitrogen and oxygen atoms in total. The van der Waals surface area contributed by atoms with E-state index < -0.39 is 17.8 Å². The molecule has 0 unspecified atom stereocenters. The number of benzene rings is 2. The number of hydrogen-bond donors (Lipinski definition) is 1. The Bertz CT molecular complexity index is 1570. The Hall–Kier alpha value is -2.85. The summed E-state index contributed by atoms with van der Waals surface area (Å²) in [6, 6.07) is 12.9.